The van der Waals surface area contributed by atoms with Gasteiger partial charge in [0.05, 0.1) is 0 Å². The number of carbonyl (C=O) groups excluding carboxylic acids is 1. The number of hydrogen-bond donors (Lipinski definition) is 0. The molecule has 3 aromatic rings. The maximum Gasteiger partial charge on any atom is 0.125 e. The number of hydrogen-bond acceptors (Lipinski definition) is 2. The molecule has 0 saturated heterocycles. The van der Waals surface area contributed by atoms with Gasteiger partial charge in [-0.1, -0.05) is 92.7 Å². The molecule has 2 aliphatic carbocycles. The number of benzene rings is 3. The third-order valence-electron chi connectivity index (χ3n) is 7.09. The number of allylic oxidation sites excluding steroid dienone is 2. The quantitative estimate of drug-likeness (QED) is 0.421. The third-order valence-corrected chi connectivity index (χ3v) is 8.71. The van der Waals surface area contributed by atoms with E-state index in [2.05, 4.69) is 98.8 Å². The first-order chi connectivity index (χ1) is 14.6. The lowest BCUT2D eigenvalue weighted by Gasteiger charge is -2.41. The Morgan fingerprint density at radius 2 is 1.20 bits per heavy atom. The second-order valence-electron chi connectivity index (χ2n) is 9.01. The fourth-order valence-electron chi connectivity index (χ4n) is 6.00. The molecule has 0 radical (unpaired) electrons. The van der Waals surface area contributed by atoms with E-state index in [4.69, 9.17) is 0 Å². The molecule has 30 heavy (non-hydrogen) atoms. The molecule has 0 heterocycles. The van der Waals surface area contributed by atoms with E-state index in [1.165, 1.54) is 33.5 Å². The van der Waals surface area contributed by atoms with Crippen LogP contribution in [0.2, 0.25) is 0 Å². The van der Waals surface area contributed by atoms with E-state index in [0.29, 0.717) is 0 Å². The van der Waals surface area contributed by atoms with Crippen LogP contribution in [0.1, 0.15) is 31.4 Å². The average molecular weight is 411 g/mol. The number of rotatable bonds is 5. The van der Waals surface area contributed by atoms with Crippen LogP contribution in [-0.2, 0) is 4.79 Å². The highest BCUT2D eigenvalue weighted by atomic mass is 32.2. The van der Waals surface area contributed by atoms with E-state index in [1.54, 1.807) is 0 Å². The van der Waals surface area contributed by atoms with Crippen LogP contribution in [0.4, 0.5) is 0 Å². The highest BCUT2D eigenvalue weighted by Crippen LogP contribution is 2.73. The van der Waals surface area contributed by atoms with Gasteiger partial charge in [0.15, 0.2) is 0 Å². The van der Waals surface area contributed by atoms with E-state index < -0.39 is 0 Å². The van der Waals surface area contributed by atoms with E-state index in [9.17, 15) is 4.79 Å². The largest absolute Gasteiger partial charge is 0.303 e. The second kappa shape index (κ2) is 7.28. The van der Waals surface area contributed by atoms with Crippen LogP contribution in [0.3, 0.4) is 0 Å². The Labute approximate surface area is 183 Å². The van der Waals surface area contributed by atoms with Gasteiger partial charge in [0.2, 0.25) is 0 Å². The van der Waals surface area contributed by atoms with Crippen molar-refractivity contribution >= 4 is 29.2 Å². The van der Waals surface area contributed by atoms with Crippen LogP contribution in [-0.4, -0.2) is 11.5 Å². The predicted octanol–water partition coefficient (Wildman–Crippen LogP) is 7.00. The summed E-state index contributed by atoms with van der Waals surface area (Å²) in [6, 6.07) is 32.0. The summed E-state index contributed by atoms with van der Waals surface area (Å²) in [5.41, 5.74) is 5.06. The minimum atomic E-state index is -0.171. The van der Waals surface area contributed by atoms with Crippen molar-refractivity contribution in [2.75, 3.05) is 0 Å². The van der Waals surface area contributed by atoms with Gasteiger partial charge >= 0.3 is 0 Å². The summed E-state index contributed by atoms with van der Waals surface area (Å²) in [5.74, 6) is -0.0182. The van der Waals surface area contributed by atoms with Gasteiger partial charge in [-0.25, -0.2) is 0 Å². The highest BCUT2D eigenvalue weighted by molar-refractivity contribution is 8.00. The van der Waals surface area contributed by atoms with Crippen LogP contribution in [0.5, 0.6) is 0 Å². The van der Waals surface area contributed by atoms with Crippen LogP contribution in [0.15, 0.2) is 95.9 Å². The zero-order valence-corrected chi connectivity index (χ0v) is 18.2. The SMILES string of the molecule is CC12CC(C)(C(c3ccccc3)=C1c1ccccc1)C(Sc1ccccc1)C2C=O. The first-order valence-corrected chi connectivity index (χ1v) is 11.5. The number of carbonyl (C=O) groups is 1. The smallest absolute Gasteiger partial charge is 0.125 e. The first-order valence-electron chi connectivity index (χ1n) is 10.6. The summed E-state index contributed by atoms with van der Waals surface area (Å²) in [6.07, 6.45) is 2.24. The highest BCUT2D eigenvalue weighted by Gasteiger charge is 2.65. The Balaban J connectivity index is 1.74. The number of aldehydes is 1. The van der Waals surface area contributed by atoms with Crippen LogP contribution in [0, 0.1) is 16.7 Å². The van der Waals surface area contributed by atoms with Gasteiger partial charge in [-0.05, 0) is 40.8 Å². The molecule has 2 heteroatoms. The lowest BCUT2D eigenvalue weighted by molar-refractivity contribution is -0.112. The molecule has 2 aliphatic rings. The zero-order chi connectivity index (χ0) is 20.8. The van der Waals surface area contributed by atoms with Crippen molar-refractivity contribution in [3.63, 3.8) is 0 Å². The Morgan fingerprint density at radius 3 is 1.70 bits per heavy atom. The Hall–Kier alpha value is -2.58. The summed E-state index contributed by atoms with van der Waals surface area (Å²) in [4.78, 5) is 13.8. The molecule has 0 N–H and O–H groups in total. The van der Waals surface area contributed by atoms with Gasteiger partial charge in [-0.15, -0.1) is 11.8 Å². The van der Waals surface area contributed by atoms with Crippen molar-refractivity contribution < 1.29 is 4.79 Å². The topological polar surface area (TPSA) is 17.1 Å². The zero-order valence-electron chi connectivity index (χ0n) is 17.4. The lowest BCUT2D eigenvalue weighted by Crippen LogP contribution is -2.37. The molecular formula is C28H26OS. The standard InChI is InChI=1S/C28H26OS/c1-27-19-28(2,26(23(27)18-29)30-22-16-10-5-11-17-22)25(21-14-8-4-9-15-21)24(27)20-12-6-3-7-13-20/h3-18,23,26H,19H2,1-2H3. The van der Waals surface area contributed by atoms with Gasteiger partial charge in [0.1, 0.15) is 6.29 Å². The van der Waals surface area contributed by atoms with Gasteiger partial charge in [0.25, 0.3) is 0 Å². The van der Waals surface area contributed by atoms with Crippen molar-refractivity contribution in [3.8, 4) is 0 Å². The van der Waals surface area contributed by atoms with Crippen LogP contribution >= 0.6 is 11.8 Å². The van der Waals surface area contributed by atoms with Crippen molar-refractivity contribution in [1.82, 2.24) is 0 Å². The minimum absolute atomic E-state index is 0.0182. The summed E-state index contributed by atoms with van der Waals surface area (Å²) < 4.78 is 0. The molecule has 0 aliphatic heterocycles. The number of thioether (sulfide) groups is 1. The van der Waals surface area contributed by atoms with Gasteiger partial charge in [0, 0.05) is 26.9 Å². The van der Waals surface area contributed by atoms with Gasteiger partial charge in [-0.3, -0.25) is 0 Å². The maximum absolute atomic E-state index is 12.5. The molecule has 0 spiro atoms. The lowest BCUT2D eigenvalue weighted by atomic mass is 9.67. The Morgan fingerprint density at radius 1 is 0.733 bits per heavy atom. The fourth-order valence-corrected chi connectivity index (χ4v) is 7.58. The van der Waals surface area contributed by atoms with E-state index in [1.807, 2.05) is 17.8 Å². The molecule has 1 saturated carbocycles. The van der Waals surface area contributed by atoms with Gasteiger partial charge < -0.3 is 4.79 Å². The molecular weight excluding hydrogens is 384 g/mol. The van der Waals surface area contributed by atoms with E-state index >= 15 is 0 Å². The van der Waals surface area contributed by atoms with Crippen molar-refractivity contribution in [2.24, 2.45) is 16.7 Å². The summed E-state index contributed by atoms with van der Waals surface area (Å²) in [5, 5.41) is 0.213. The molecule has 2 bridgehead atoms. The fraction of sp³-hybridized carbons (Fsp3) is 0.250. The molecule has 1 fully saturated rings. The van der Waals surface area contributed by atoms with E-state index in [0.717, 1.165) is 6.42 Å². The first kappa shape index (κ1) is 19.4. The normalized spacial score (nSPS) is 29.9. The summed E-state index contributed by atoms with van der Waals surface area (Å²) in [6.45, 7) is 4.70. The second-order valence-corrected chi connectivity index (χ2v) is 10.2. The Kier molecular flexibility index (Phi) is 4.71. The summed E-state index contributed by atoms with van der Waals surface area (Å²) in [7, 11) is 0. The molecule has 4 atom stereocenters. The van der Waals surface area contributed by atoms with Gasteiger partial charge in [-0.2, -0.15) is 0 Å². The summed E-state index contributed by atoms with van der Waals surface area (Å²) >= 11 is 1.87. The van der Waals surface area contributed by atoms with Crippen molar-refractivity contribution in [3.05, 3.63) is 102 Å². The molecule has 0 aromatic heterocycles. The Bertz CT molecular complexity index is 1090. The minimum Gasteiger partial charge on any atom is -0.303 e. The average Bonchev–Trinajstić information content (AvgIpc) is 3.16. The molecule has 5 rings (SSSR count). The molecule has 1 nitrogen and oxygen atoms in total. The molecule has 4 unspecified atom stereocenters. The molecule has 3 aromatic carbocycles. The van der Waals surface area contributed by atoms with Crippen LogP contribution in [0.25, 0.3) is 11.1 Å². The monoisotopic (exact) mass is 410 g/mol. The van der Waals surface area contributed by atoms with Crippen molar-refractivity contribution in [2.45, 2.75) is 30.4 Å². The van der Waals surface area contributed by atoms with E-state index in [-0.39, 0.29) is 22.0 Å². The maximum atomic E-state index is 12.5. The molecule has 150 valence electrons. The van der Waals surface area contributed by atoms with Crippen molar-refractivity contribution in [1.29, 1.82) is 0 Å². The molecule has 0 amide bonds. The number of fused-ring (bicyclic) bond motifs is 2. The van der Waals surface area contributed by atoms with Crippen LogP contribution < -0.4 is 0 Å². The third kappa shape index (κ3) is 2.81. The predicted molar refractivity (Wildman–Crippen MR) is 126 cm³/mol.